The molecule has 0 amide bonds. The number of halogens is 1. The summed E-state index contributed by atoms with van der Waals surface area (Å²) in [7, 11) is 0. The van der Waals surface area contributed by atoms with E-state index in [2.05, 4.69) is 15.1 Å². The lowest BCUT2D eigenvalue weighted by Crippen LogP contribution is -2.26. The largest absolute Gasteiger partial charge is 0.394 e. The predicted octanol–water partition coefficient (Wildman–Crippen LogP) is 1.43. The lowest BCUT2D eigenvalue weighted by Gasteiger charge is -2.10. The fourth-order valence-electron chi connectivity index (χ4n) is 2.87. The van der Waals surface area contributed by atoms with Crippen molar-refractivity contribution in [3.8, 4) is 5.69 Å². The van der Waals surface area contributed by atoms with E-state index in [4.69, 9.17) is 16.7 Å². The molecular formula is C17H14ClN5O2. The number of hydrogen-bond donors (Lipinski definition) is 1. The van der Waals surface area contributed by atoms with Crippen molar-refractivity contribution in [3.05, 3.63) is 75.2 Å². The summed E-state index contributed by atoms with van der Waals surface area (Å²) in [4.78, 5) is 21.7. The highest BCUT2D eigenvalue weighted by atomic mass is 35.5. The summed E-state index contributed by atoms with van der Waals surface area (Å²) in [6, 6.07) is 13.0. The Labute approximate surface area is 147 Å². The Morgan fingerprint density at radius 1 is 1.16 bits per heavy atom. The molecule has 0 radical (unpaired) electrons. The number of hydrogen-bond acceptors (Lipinski definition) is 5. The van der Waals surface area contributed by atoms with E-state index in [1.165, 1.54) is 9.25 Å². The number of aliphatic hydroxyl groups is 1. The number of pyridine rings is 1. The molecule has 0 atom stereocenters. The van der Waals surface area contributed by atoms with Crippen LogP contribution in [0.2, 0.25) is 5.15 Å². The Morgan fingerprint density at radius 2 is 1.96 bits per heavy atom. The number of benzene rings is 1. The Kier molecular flexibility index (Phi) is 3.95. The van der Waals surface area contributed by atoms with Crippen molar-refractivity contribution in [3.63, 3.8) is 0 Å². The maximum absolute atomic E-state index is 12.7. The van der Waals surface area contributed by atoms with Crippen LogP contribution >= 0.6 is 11.6 Å². The van der Waals surface area contributed by atoms with E-state index in [0.29, 0.717) is 28.1 Å². The molecule has 0 saturated carbocycles. The van der Waals surface area contributed by atoms with Crippen LogP contribution in [0.15, 0.2) is 52.3 Å². The van der Waals surface area contributed by atoms with E-state index < -0.39 is 0 Å². The third-order valence-corrected chi connectivity index (χ3v) is 4.16. The summed E-state index contributed by atoms with van der Waals surface area (Å²) in [5.41, 5.74) is 2.33. The minimum Gasteiger partial charge on any atom is -0.394 e. The van der Waals surface area contributed by atoms with Crippen LogP contribution in [0.25, 0.3) is 5.69 Å². The predicted molar refractivity (Wildman–Crippen MR) is 93.5 cm³/mol. The van der Waals surface area contributed by atoms with Crippen molar-refractivity contribution in [2.45, 2.75) is 13.1 Å². The maximum Gasteiger partial charge on any atom is 0.350 e. The molecule has 0 spiro atoms. The van der Waals surface area contributed by atoms with Gasteiger partial charge in [-0.25, -0.2) is 19.0 Å². The van der Waals surface area contributed by atoms with Crippen LogP contribution in [0.3, 0.4) is 0 Å². The van der Waals surface area contributed by atoms with E-state index in [1.807, 2.05) is 30.3 Å². The summed E-state index contributed by atoms with van der Waals surface area (Å²) in [6.07, 6.45) is 0. The molecule has 2 aromatic heterocycles. The summed E-state index contributed by atoms with van der Waals surface area (Å²) >= 11 is 6.10. The molecular weight excluding hydrogens is 342 g/mol. The number of nitrogens with zero attached hydrogens (tertiary/aromatic N) is 5. The van der Waals surface area contributed by atoms with Gasteiger partial charge in [0.2, 0.25) is 0 Å². The van der Waals surface area contributed by atoms with E-state index >= 15 is 0 Å². The van der Waals surface area contributed by atoms with Crippen molar-refractivity contribution in [2.75, 3.05) is 6.61 Å². The average molecular weight is 356 g/mol. The first kappa shape index (κ1) is 15.7. The molecule has 0 fully saturated rings. The van der Waals surface area contributed by atoms with Gasteiger partial charge in [-0.2, -0.15) is 5.10 Å². The van der Waals surface area contributed by atoms with Gasteiger partial charge in [0.1, 0.15) is 17.4 Å². The molecule has 0 aliphatic carbocycles. The van der Waals surface area contributed by atoms with Gasteiger partial charge in [0.25, 0.3) is 0 Å². The topological polar surface area (TPSA) is 85.3 Å². The van der Waals surface area contributed by atoms with E-state index in [1.54, 1.807) is 12.1 Å². The molecule has 0 bridgehead atoms. The second-order valence-electron chi connectivity index (χ2n) is 5.51. The van der Waals surface area contributed by atoms with Gasteiger partial charge in [0.15, 0.2) is 5.82 Å². The third kappa shape index (κ3) is 2.67. The number of aliphatic imine (C=N–C) groups is 1. The van der Waals surface area contributed by atoms with Gasteiger partial charge in [-0.1, -0.05) is 41.9 Å². The van der Waals surface area contributed by atoms with Crippen molar-refractivity contribution in [1.82, 2.24) is 19.3 Å². The maximum atomic E-state index is 12.7. The lowest BCUT2D eigenvalue weighted by molar-refractivity contribution is 0.266. The first-order chi connectivity index (χ1) is 12.2. The van der Waals surface area contributed by atoms with Gasteiger partial charge < -0.3 is 5.11 Å². The molecule has 4 rings (SSSR count). The monoisotopic (exact) mass is 355 g/mol. The molecule has 0 unspecified atom stereocenters. The highest BCUT2D eigenvalue weighted by Crippen LogP contribution is 2.23. The SMILES string of the molecule is O=c1n(CCO)nc2n1-c1ccc(Cl)nc1C(c1ccccc1)=NC2. The van der Waals surface area contributed by atoms with Crippen LogP contribution < -0.4 is 5.69 Å². The number of rotatable bonds is 3. The Balaban J connectivity index is 1.97. The lowest BCUT2D eigenvalue weighted by atomic mass is 10.1. The summed E-state index contributed by atoms with van der Waals surface area (Å²) in [5, 5.41) is 13.7. The normalized spacial score (nSPS) is 13.0. The number of aromatic nitrogens is 4. The highest BCUT2D eigenvalue weighted by molar-refractivity contribution is 6.29. The minimum absolute atomic E-state index is 0.129. The Morgan fingerprint density at radius 3 is 2.72 bits per heavy atom. The molecule has 1 aliphatic heterocycles. The van der Waals surface area contributed by atoms with E-state index in [-0.39, 0.29) is 25.4 Å². The molecule has 1 aliphatic rings. The molecule has 1 N–H and O–H groups in total. The smallest absolute Gasteiger partial charge is 0.350 e. The summed E-state index contributed by atoms with van der Waals surface area (Å²) in [5.74, 6) is 0.495. The zero-order valence-corrected chi connectivity index (χ0v) is 13.9. The van der Waals surface area contributed by atoms with Gasteiger partial charge >= 0.3 is 5.69 Å². The molecule has 0 saturated heterocycles. The zero-order valence-electron chi connectivity index (χ0n) is 13.1. The van der Waals surface area contributed by atoms with Crippen molar-refractivity contribution in [1.29, 1.82) is 0 Å². The third-order valence-electron chi connectivity index (χ3n) is 3.95. The van der Waals surface area contributed by atoms with Crippen LogP contribution in [0.5, 0.6) is 0 Å². The van der Waals surface area contributed by atoms with Crippen LogP contribution in [0, 0.1) is 0 Å². The van der Waals surface area contributed by atoms with Gasteiger partial charge in [-0.05, 0) is 12.1 Å². The second-order valence-corrected chi connectivity index (χ2v) is 5.90. The fraction of sp³-hybridized carbons (Fsp3) is 0.176. The molecule has 3 heterocycles. The van der Waals surface area contributed by atoms with Gasteiger partial charge in [0.05, 0.1) is 24.6 Å². The molecule has 25 heavy (non-hydrogen) atoms. The van der Waals surface area contributed by atoms with E-state index in [9.17, 15) is 4.79 Å². The van der Waals surface area contributed by atoms with Crippen LogP contribution in [-0.2, 0) is 13.1 Å². The Hall–Kier alpha value is -2.77. The summed E-state index contributed by atoms with van der Waals surface area (Å²) < 4.78 is 2.71. The van der Waals surface area contributed by atoms with Crippen molar-refractivity contribution in [2.24, 2.45) is 4.99 Å². The molecule has 8 heteroatoms. The quantitative estimate of drug-likeness (QED) is 0.720. The molecule has 1 aromatic carbocycles. The molecule has 7 nitrogen and oxygen atoms in total. The van der Waals surface area contributed by atoms with E-state index in [0.717, 1.165) is 5.56 Å². The summed E-state index contributed by atoms with van der Waals surface area (Å²) in [6.45, 7) is 0.191. The standard InChI is InChI=1S/C17H14ClN5O2/c18-13-7-6-12-16(20-13)15(11-4-2-1-3-5-11)19-10-14-21-22(8-9-24)17(25)23(12)14/h1-7,24H,8-10H2. The average Bonchev–Trinajstić information content (AvgIpc) is 2.84. The number of aliphatic hydroxyl groups excluding tert-OH is 1. The van der Waals surface area contributed by atoms with Gasteiger partial charge in [-0.3, -0.25) is 4.99 Å². The van der Waals surface area contributed by atoms with Crippen molar-refractivity contribution < 1.29 is 5.11 Å². The van der Waals surface area contributed by atoms with Gasteiger partial charge in [-0.15, -0.1) is 0 Å². The Bertz CT molecular complexity index is 1020. The van der Waals surface area contributed by atoms with Crippen LogP contribution in [-0.4, -0.2) is 36.8 Å². The molecule has 126 valence electrons. The first-order valence-electron chi connectivity index (χ1n) is 7.76. The first-order valence-corrected chi connectivity index (χ1v) is 8.13. The minimum atomic E-state index is -0.334. The van der Waals surface area contributed by atoms with Crippen LogP contribution in [0.1, 0.15) is 17.1 Å². The van der Waals surface area contributed by atoms with Crippen molar-refractivity contribution >= 4 is 17.3 Å². The fourth-order valence-corrected chi connectivity index (χ4v) is 3.02. The second kappa shape index (κ2) is 6.27. The van der Waals surface area contributed by atoms with Crippen LogP contribution in [0.4, 0.5) is 0 Å². The van der Waals surface area contributed by atoms with Gasteiger partial charge in [0, 0.05) is 5.56 Å². The molecule has 3 aromatic rings. The highest BCUT2D eigenvalue weighted by Gasteiger charge is 2.24. The number of fused-ring (bicyclic) bond motifs is 3. The zero-order chi connectivity index (χ0) is 17.4.